The predicted octanol–water partition coefficient (Wildman–Crippen LogP) is 4.19. The monoisotopic (exact) mass is 506 g/mol. The quantitative estimate of drug-likeness (QED) is 0.361. The molecule has 9 heteroatoms. The van der Waals surface area contributed by atoms with Crippen molar-refractivity contribution in [2.24, 2.45) is 11.8 Å². The zero-order valence-electron chi connectivity index (χ0n) is 18.8. The van der Waals surface area contributed by atoms with Gasteiger partial charge in [-0.05, 0) is 47.1 Å². The maximum atomic E-state index is 14.0. The first-order valence-corrected chi connectivity index (χ1v) is 13.2. The lowest BCUT2D eigenvalue weighted by Crippen LogP contribution is -2.43. The molecule has 0 unspecified atom stereocenters. The number of aliphatic hydroxyl groups is 2. The number of halogens is 2. The molecule has 0 aromatic heterocycles. The van der Waals surface area contributed by atoms with Crippen LogP contribution in [0.5, 0.6) is 0 Å². The second-order valence-electron chi connectivity index (χ2n) is 9.36. The lowest BCUT2D eigenvalue weighted by atomic mass is 9.85. The van der Waals surface area contributed by atoms with Crippen molar-refractivity contribution in [2.45, 2.75) is 43.3 Å². The topological polar surface area (TPSA) is 84.1 Å². The number of fused-ring (bicyclic) bond motifs is 1. The van der Waals surface area contributed by atoms with Crippen LogP contribution in [-0.4, -0.2) is 42.2 Å². The van der Waals surface area contributed by atoms with Crippen LogP contribution in [0.2, 0.25) is 5.02 Å². The summed E-state index contributed by atoms with van der Waals surface area (Å²) < 4.78 is 37.6. The van der Waals surface area contributed by atoms with Crippen LogP contribution in [0.15, 0.2) is 35.2 Å². The van der Waals surface area contributed by atoms with Gasteiger partial charge in [-0.1, -0.05) is 43.0 Å². The van der Waals surface area contributed by atoms with E-state index >= 15 is 0 Å². The average Bonchev–Trinajstić information content (AvgIpc) is 2.93. The van der Waals surface area contributed by atoms with Crippen molar-refractivity contribution < 1.29 is 23.5 Å². The Hall–Kier alpha value is -1.93. The summed E-state index contributed by atoms with van der Waals surface area (Å²) in [6, 6.07) is 7.60. The largest absolute Gasteiger partial charge is 0.381 e. The molecule has 6 nitrogen and oxygen atoms in total. The van der Waals surface area contributed by atoms with Crippen LogP contribution in [0.3, 0.4) is 0 Å². The van der Waals surface area contributed by atoms with Gasteiger partial charge in [-0.15, -0.1) is 0 Å². The SMILES string of the molecule is O=[S-]1=[N+]=C(C2CCCCC2)CN(CC2COC2)c2cc(Cl)c(-c3ccc(F)c(C(O)O)c3)cc21. The molecular formula is C25H28ClFN2O4S. The normalized spacial score (nSPS) is 19.9. The molecule has 2 fully saturated rings. The maximum absolute atomic E-state index is 14.0. The smallest absolute Gasteiger partial charge is 0.275 e. The molecule has 34 heavy (non-hydrogen) atoms. The highest BCUT2D eigenvalue weighted by atomic mass is 35.5. The average molecular weight is 507 g/mol. The van der Waals surface area contributed by atoms with Crippen LogP contribution in [0.25, 0.3) is 11.1 Å². The van der Waals surface area contributed by atoms with Gasteiger partial charge in [-0.2, -0.15) is 4.04 Å². The first kappa shape index (κ1) is 23.8. The molecule has 0 atom stereocenters. The summed E-state index contributed by atoms with van der Waals surface area (Å²) in [5.41, 5.74) is 2.58. The molecule has 3 aliphatic rings. The fourth-order valence-corrected chi connectivity index (χ4v) is 6.40. The van der Waals surface area contributed by atoms with E-state index in [1.54, 1.807) is 12.1 Å². The lowest BCUT2D eigenvalue weighted by Gasteiger charge is -2.34. The van der Waals surface area contributed by atoms with Crippen molar-refractivity contribution in [3.05, 3.63) is 46.7 Å². The fraction of sp³-hybridized carbons (Fsp3) is 0.480. The van der Waals surface area contributed by atoms with E-state index in [-0.39, 0.29) is 5.56 Å². The lowest BCUT2D eigenvalue weighted by molar-refractivity contribution is -0.0449. The van der Waals surface area contributed by atoms with Gasteiger partial charge in [-0.3, -0.25) is 0 Å². The first-order valence-electron chi connectivity index (χ1n) is 11.7. The molecule has 5 rings (SSSR count). The number of ether oxygens (including phenoxy) is 1. The highest BCUT2D eigenvalue weighted by Crippen LogP contribution is 2.38. The molecule has 0 radical (unpaired) electrons. The Kier molecular flexibility index (Phi) is 6.98. The minimum absolute atomic E-state index is 0.242. The van der Waals surface area contributed by atoms with Gasteiger partial charge in [-0.25, -0.2) is 4.39 Å². The first-order chi connectivity index (χ1) is 16.4. The van der Waals surface area contributed by atoms with E-state index in [2.05, 4.69) is 4.90 Å². The van der Waals surface area contributed by atoms with Crippen LogP contribution >= 0.6 is 11.6 Å². The molecule has 182 valence electrons. The Labute approximate surface area is 205 Å². The van der Waals surface area contributed by atoms with E-state index in [1.807, 2.05) is 0 Å². The van der Waals surface area contributed by atoms with Gasteiger partial charge in [0.1, 0.15) is 23.0 Å². The highest BCUT2D eigenvalue weighted by molar-refractivity contribution is 7.74. The van der Waals surface area contributed by atoms with Gasteiger partial charge in [0.15, 0.2) is 6.29 Å². The van der Waals surface area contributed by atoms with Gasteiger partial charge < -0.3 is 24.1 Å². The summed E-state index contributed by atoms with van der Waals surface area (Å²) in [5.74, 6) is 0.0211. The second kappa shape index (κ2) is 9.97. The predicted molar refractivity (Wildman–Crippen MR) is 131 cm³/mol. The van der Waals surface area contributed by atoms with E-state index in [9.17, 15) is 18.8 Å². The molecule has 2 N–H and O–H groups in total. The van der Waals surface area contributed by atoms with E-state index in [0.29, 0.717) is 52.6 Å². The molecule has 0 spiro atoms. The second-order valence-corrected chi connectivity index (χ2v) is 10.9. The summed E-state index contributed by atoms with van der Waals surface area (Å²) in [6.07, 6.45) is 3.76. The number of benzene rings is 2. The van der Waals surface area contributed by atoms with Crippen LogP contribution < -0.4 is 8.94 Å². The number of rotatable bonds is 5. The van der Waals surface area contributed by atoms with Crippen LogP contribution in [0.1, 0.15) is 44.0 Å². The van der Waals surface area contributed by atoms with Gasteiger partial charge >= 0.3 is 0 Å². The van der Waals surface area contributed by atoms with Gasteiger partial charge in [0, 0.05) is 23.7 Å². The summed E-state index contributed by atoms with van der Waals surface area (Å²) in [4.78, 5) is 2.78. The van der Waals surface area contributed by atoms with Gasteiger partial charge in [0.25, 0.3) is 5.71 Å². The Morgan fingerprint density at radius 1 is 1.18 bits per heavy atom. The summed E-state index contributed by atoms with van der Waals surface area (Å²) in [7, 11) is -1.61. The van der Waals surface area contributed by atoms with Crippen molar-refractivity contribution in [3.63, 3.8) is 0 Å². The van der Waals surface area contributed by atoms with Gasteiger partial charge in [0.05, 0.1) is 24.2 Å². The molecule has 1 saturated carbocycles. The summed E-state index contributed by atoms with van der Waals surface area (Å²) in [6.45, 7) is 2.80. The Morgan fingerprint density at radius 2 is 1.94 bits per heavy atom. The van der Waals surface area contributed by atoms with Crippen LogP contribution in [0.4, 0.5) is 10.1 Å². The van der Waals surface area contributed by atoms with Crippen molar-refractivity contribution >= 4 is 33.6 Å². The third-order valence-electron chi connectivity index (χ3n) is 6.98. The number of hydrogen-bond donors (Lipinski definition) is 2. The van der Waals surface area contributed by atoms with E-state index in [4.69, 9.17) is 20.4 Å². The van der Waals surface area contributed by atoms with Crippen molar-refractivity contribution in [1.82, 2.24) is 4.04 Å². The zero-order valence-corrected chi connectivity index (χ0v) is 20.3. The third kappa shape index (κ3) is 4.76. The standard InChI is InChI=1S/C25H28ClFN2O4S/c26-20-10-23-24(9-18(20)17-6-7-21(27)19(8-17)25(30)31)34(32)28-22(16-4-2-1-3-5-16)12-29(23)11-15-13-33-14-15/h6-10,15-16,25,30-31H,1-5,11-14H2. The van der Waals surface area contributed by atoms with Crippen molar-refractivity contribution in [3.8, 4) is 11.1 Å². The number of aliphatic hydroxyl groups excluding tert-OH is 1. The molecule has 2 aromatic rings. The minimum atomic E-state index is -1.95. The molecule has 0 amide bonds. The fourth-order valence-electron chi connectivity index (χ4n) is 5.03. The molecule has 0 bridgehead atoms. The van der Waals surface area contributed by atoms with Crippen molar-refractivity contribution in [1.29, 1.82) is 0 Å². The van der Waals surface area contributed by atoms with E-state index in [1.165, 1.54) is 37.5 Å². The molecule has 1 aliphatic carbocycles. The zero-order chi connectivity index (χ0) is 23.8. The minimum Gasteiger partial charge on any atom is -0.381 e. The molecule has 2 heterocycles. The number of nitrogens with zero attached hydrogens (tertiary/aromatic N) is 2. The van der Waals surface area contributed by atoms with E-state index in [0.717, 1.165) is 30.8 Å². The number of anilines is 1. The number of hydrogen-bond acceptors (Lipinski definition) is 6. The van der Waals surface area contributed by atoms with E-state index < -0.39 is 22.7 Å². The third-order valence-corrected chi connectivity index (χ3v) is 8.39. The Balaban J connectivity index is 1.62. The molecule has 2 aliphatic heterocycles. The van der Waals surface area contributed by atoms with Crippen molar-refractivity contribution in [2.75, 3.05) is 31.2 Å². The molecular weight excluding hydrogens is 479 g/mol. The maximum Gasteiger partial charge on any atom is 0.275 e. The highest BCUT2D eigenvalue weighted by Gasteiger charge is 2.32. The Bertz CT molecular complexity index is 1210. The Morgan fingerprint density at radius 3 is 2.62 bits per heavy atom. The van der Waals surface area contributed by atoms with Crippen LogP contribution in [-0.2, 0) is 19.5 Å². The summed E-state index contributed by atoms with van der Waals surface area (Å²) in [5, 5.41) is 19.4. The van der Waals surface area contributed by atoms with Gasteiger partial charge in [0.2, 0.25) is 0 Å². The van der Waals surface area contributed by atoms with Crippen LogP contribution in [0, 0.1) is 17.7 Å². The summed E-state index contributed by atoms with van der Waals surface area (Å²) >= 11 is 6.70. The molecule has 2 aromatic carbocycles. The molecule has 1 saturated heterocycles.